The molecule has 0 aliphatic heterocycles. The molecule has 2 aromatic rings. The molecule has 0 aliphatic rings. The van der Waals surface area contributed by atoms with Gasteiger partial charge in [-0.1, -0.05) is 116 Å². The van der Waals surface area contributed by atoms with E-state index in [1.54, 1.807) is 0 Å². The summed E-state index contributed by atoms with van der Waals surface area (Å²) in [5.74, 6) is 1.53. The first-order valence-electron chi connectivity index (χ1n) is 15.3. The molecule has 0 spiro atoms. The van der Waals surface area contributed by atoms with E-state index in [1.165, 1.54) is 114 Å². The Morgan fingerprint density at radius 2 is 1.32 bits per heavy atom. The minimum Gasteiger partial charge on any atom is -0.463 e. The van der Waals surface area contributed by atoms with E-state index >= 15 is 0 Å². The number of ether oxygens (including phenoxy) is 1. The lowest BCUT2D eigenvalue weighted by Crippen LogP contribution is -2.12. The zero-order valence-corrected chi connectivity index (χ0v) is 24.7. The van der Waals surface area contributed by atoms with Gasteiger partial charge in [0.2, 0.25) is 0 Å². The van der Waals surface area contributed by atoms with E-state index in [1.807, 2.05) is 13.0 Å². The van der Waals surface area contributed by atoms with Gasteiger partial charge in [-0.25, -0.2) is 0 Å². The van der Waals surface area contributed by atoms with Crippen molar-refractivity contribution in [1.29, 1.82) is 0 Å². The summed E-state index contributed by atoms with van der Waals surface area (Å²) in [6.45, 7) is 17.8. The van der Waals surface area contributed by atoms with Gasteiger partial charge in [-0.3, -0.25) is 0 Å². The maximum absolute atomic E-state index is 5.77. The van der Waals surface area contributed by atoms with Gasteiger partial charge in [0, 0.05) is 40.9 Å². The van der Waals surface area contributed by atoms with Gasteiger partial charge in [0.1, 0.15) is 5.75 Å². The number of rotatable bonds is 22. The summed E-state index contributed by atoms with van der Waals surface area (Å²) in [6, 6.07) is 6.66. The van der Waals surface area contributed by atoms with Crippen molar-refractivity contribution in [3.63, 3.8) is 0 Å². The Morgan fingerprint density at radius 3 is 1.81 bits per heavy atom. The second-order valence-corrected chi connectivity index (χ2v) is 11.2. The second-order valence-electron chi connectivity index (χ2n) is 11.2. The van der Waals surface area contributed by atoms with Crippen LogP contribution in [0, 0.1) is 0 Å². The third-order valence-electron chi connectivity index (χ3n) is 7.35. The van der Waals surface area contributed by atoms with Gasteiger partial charge in [-0.15, -0.1) is 0 Å². The Morgan fingerprint density at radius 1 is 0.811 bits per heavy atom. The first kappa shape index (κ1) is 31.1. The molecule has 208 valence electrons. The van der Waals surface area contributed by atoms with Crippen molar-refractivity contribution < 1.29 is 4.74 Å². The predicted octanol–water partition coefficient (Wildman–Crippen LogP) is 11.0. The Balaban J connectivity index is 1.59. The molecule has 0 bridgehead atoms. The van der Waals surface area contributed by atoms with E-state index in [-0.39, 0.29) is 0 Å². The van der Waals surface area contributed by atoms with Gasteiger partial charge in [0.05, 0.1) is 5.76 Å². The number of hydrogen-bond donors (Lipinski definition) is 1. The van der Waals surface area contributed by atoms with Crippen LogP contribution >= 0.6 is 0 Å². The summed E-state index contributed by atoms with van der Waals surface area (Å²) in [7, 11) is 0. The molecule has 1 aromatic carbocycles. The third kappa shape index (κ3) is 11.8. The SMILES string of the molecule is C=C(C)Oc1ccc2c(c1)c(C(=C)NCCCCCCCCCCCCCCCCCC)cn2C(C)C. The predicted molar refractivity (Wildman–Crippen MR) is 164 cm³/mol. The molecule has 0 radical (unpaired) electrons. The molecule has 1 heterocycles. The van der Waals surface area contributed by atoms with Crippen molar-refractivity contribution in [2.24, 2.45) is 0 Å². The van der Waals surface area contributed by atoms with Crippen LogP contribution in [0.5, 0.6) is 5.75 Å². The van der Waals surface area contributed by atoms with Crippen LogP contribution in [0.25, 0.3) is 16.6 Å². The molecular weight excluding hydrogens is 452 g/mol. The normalized spacial score (nSPS) is 11.4. The molecular formula is C34H56N2O. The average Bonchev–Trinajstić information content (AvgIpc) is 3.25. The van der Waals surface area contributed by atoms with Crippen LogP contribution in [0.4, 0.5) is 0 Å². The lowest BCUT2D eigenvalue weighted by molar-refractivity contribution is 0.431. The zero-order chi connectivity index (χ0) is 26.9. The fourth-order valence-electron chi connectivity index (χ4n) is 5.17. The third-order valence-corrected chi connectivity index (χ3v) is 7.35. The van der Waals surface area contributed by atoms with E-state index in [2.05, 4.69) is 62.1 Å². The highest BCUT2D eigenvalue weighted by atomic mass is 16.5. The van der Waals surface area contributed by atoms with Gasteiger partial charge in [-0.05, 0) is 45.4 Å². The first-order chi connectivity index (χ1) is 17.9. The van der Waals surface area contributed by atoms with Crippen molar-refractivity contribution in [3.05, 3.63) is 48.9 Å². The number of hydrogen-bond acceptors (Lipinski definition) is 2. The molecule has 0 atom stereocenters. The number of nitrogens with zero attached hydrogens (tertiary/aromatic N) is 1. The van der Waals surface area contributed by atoms with Crippen LogP contribution in [0.3, 0.4) is 0 Å². The molecule has 1 aromatic heterocycles. The number of nitrogens with one attached hydrogen (secondary N) is 1. The maximum Gasteiger partial charge on any atom is 0.127 e. The summed E-state index contributed by atoms with van der Waals surface area (Å²) in [5.41, 5.74) is 3.37. The highest BCUT2D eigenvalue weighted by Gasteiger charge is 2.14. The minimum atomic E-state index is 0.386. The van der Waals surface area contributed by atoms with Crippen molar-refractivity contribution in [2.75, 3.05) is 6.54 Å². The molecule has 37 heavy (non-hydrogen) atoms. The van der Waals surface area contributed by atoms with E-state index in [4.69, 9.17) is 4.74 Å². The summed E-state index contributed by atoms with van der Waals surface area (Å²) < 4.78 is 8.09. The molecule has 3 nitrogen and oxygen atoms in total. The molecule has 0 saturated heterocycles. The van der Waals surface area contributed by atoms with Crippen LogP contribution in [0.1, 0.15) is 142 Å². The van der Waals surface area contributed by atoms with Crippen LogP contribution in [-0.4, -0.2) is 11.1 Å². The topological polar surface area (TPSA) is 26.2 Å². The van der Waals surface area contributed by atoms with Gasteiger partial charge in [0.15, 0.2) is 0 Å². The standard InChI is InChI=1S/C34H56N2O/c1-7-8-9-10-11-12-13-14-15-16-17-18-19-20-21-22-25-35-30(6)33-27-36(28(2)3)34-24-23-31(26-32(33)34)37-29(4)5/h23-24,26-28,35H,4,6-22,25H2,1-3,5H3. The Labute approximate surface area is 228 Å². The van der Waals surface area contributed by atoms with Crippen molar-refractivity contribution in [2.45, 2.75) is 136 Å². The molecule has 0 amide bonds. The van der Waals surface area contributed by atoms with Crippen LogP contribution in [-0.2, 0) is 0 Å². The number of unbranched alkanes of at least 4 members (excludes halogenated alkanes) is 15. The van der Waals surface area contributed by atoms with Gasteiger partial charge in [0.25, 0.3) is 0 Å². The Bertz CT molecular complexity index is 923. The summed E-state index contributed by atoms with van der Waals surface area (Å²) in [6.07, 6.45) is 24.6. The first-order valence-corrected chi connectivity index (χ1v) is 15.3. The van der Waals surface area contributed by atoms with E-state index in [9.17, 15) is 0 Å². The number of benzene rings is 1. The Kier molecular flexibility index (Phi) is 15.2. The highest BCUT2D eigenvalue weighted by Crippen LogP contribution is 2.31. The summed E-state index contributed by atoms with van der Waals surface area (Å²) in [4.78, 5) is 0. The molecule has 1 N–H and O–H groups in total. The van der Waals surface area contributed by atoms with Crippen molar-refractivity contribution in [1.82, 2.24) is 9.88 Å². The van der Waals surface area contributed by atoms with Gasteiger partial charge < -0.3 is 14.6 Å². The Hall–Kier alpha value is -2.16. The fraction of sp³-hybridized carbons (Fsp3) is 0.647. The molecule has 3 heteroatoms. The number of fused-ring (bicyclic) bond motifs is 1. The minimum absolute atomic E-state index is 0.386. The smallest absolute Gasteiger partial charge is 0.127 e. The van der Waals surface area contributed by atoms with Crippen molar-refractivity contribution >= 4 is 16.6 Å². The highest BCUT2D eigenvalue weighted by molar-refractivity contribution is 5.93. The maximum atomic E-state index is 5.77. The number of aromatic nitrogens is 1. The monoisotopic (exact) mass is 508 g/mol. The quantitative estimate of drug-likeness (QED) is 0.126. The average molecular weight is 509 g/mol. The lowest BCUT2D eigenvalue weighted by Gasteiger charge is -2.10. The fourth-order valence-corrected chi connectivity index (χ4v) is 5.17. The lowest BCUT2D eigenvalue weighted by atomic mass is 10.0. The van der Waals surface area contributed by atoms with Gasteiger partial charge >= 0.3 is 0 Å². The van der Waals surface area contributed by atoms with Crippen LogP contribution in [0.2, 0.25) is 0 Å². The second kappa shape index (κ2) is 18.2. The van der Waals surface area contributed by atoms with Gasteiger partial charge in [-0.2, -0.15) is 0 Å². The van der Waals surface area contributed by atoms with Crippen LogP contribution in [0.15, 0.2) is 43.3 Å². The van der Waals surface area contributed by atoms with Crippen LogP contribution < -0.4 is 10.1 Å². The summed E-state index contributed by atoms with van der Waals surface area (Å²) >= 11 is 0. The summed E-state index contributed by atoms with van der Waals surface area (Å²) in [5, 5.41) is 4.76. The van der Waals surface area contributed by atoms with E-state index in [0.29, 0.717) is 11.8 Å². The molecule has 0 saturated carbocycles. The number of allylic oxidation sites excluding steroid dienone is 1. The zero-order valence-electron chi connectivity index (χ0n) is 24.7. The molecule has 0 aliphatic carbocycles. The van der Waals surface area contributed by atoms with E-state index < -0.39 is 0 Å². The molecule has 2 rings (SSSR count). The van der Waals surface area contributed by atoms with E-state index in [0.717, 1.165) is 23.6 Å². The van der Waals surface area contributed by atoms with Crippen molar-refractivity contribution in [3.8, 4) is 5.75 Å². The largest absolute Gasteiger partial charge is 0.463 e. The molecule has 0 unspecified atom stereocenters. The molecule has 0 fully saturated rings.